The molecule has 29 heavy (non-hydrogen) atoms. The van der Waals surface area contributed by atoms with Crippen molar-refractivity contribution in [2.45, 2.75) is 31.1 Å². The molecule has 7 nitrogen and oxygen atoms in total. The van der Waals surface area contributed by atoms with Crippen molar-refractivity contribution in [3.05, 3.63) is 65.2 Å². The molecule has 154 valence electrons. The van der Waals surface area contributed by atoms with Gasteiger partial charge in [-0.15, -0.1) is 0 Å². The molecular formula is C20H21NO6S2. The molecule has 0 aromatic heterocycles. The van der Waals surface area contributed by atoms with Crippen LogP contribution in [-0.2, 0) is 30.5 Å². The Morgan fingerprint density at radius 3 is 2.31 bits per heavy atom. The first kappa shape index (κ1) is 21.5. The summed E-state index contributed by atoms with van der Waals surface area (Å²) >= 11 is 1.09. The molecule has 1 fully saturated rings. The normalized spacial score (nSPS) is 18.1. The molecule has 0 saturated carbocycles. The molecule has 0 bridgehead atoms. The molecule has 0 amide bonds. The zero-order chi connectivity index (χ0) is 21.0. The van der Waals surface area contributed by atoms with Gasteiger partial charge in [0.2, 0.25) is 0 Å². The average molecular weight is 436 g/mol. The van der Waals surface area contributed by atoms with Gasteiger partial charge >= 0.3 is 10.3 Å². The maximum atomic E-state index is 11.8. The van der Waals surface area contributed by atoms with Crippen LogP contribution in [0.15, 0.2) is 48.5 Å². The maximum absolute atomic E-state index is 11.8. The van der Waals surface area contributed by atoms with Crippen LogP contribution in [0.3, 0.4) is 0 Å². The summed E-state index contributed by atoms with van der Waals surface area (Å²) in [5.41, 5.74) is 2.57. The molecule has 2 aromatic rings. The Hall–Kier alpha value is -2.20. The minimum absolute atomic E-state index is 0.000970. The van der Waals surface area contributed by atoms with Crippen molar-refractivity contribution >= 4 is 33.0 Å². The second-order valence-electron chi connectivity index (χ2n) is 6.77. The summed E-state index contributed by atoms with van der Waals surface area (Å²) in [5.74, 6) is 0.478. The van der Waals surface area contributed by atoms with Gasteiger partial charge in [-0.25, -0.2) is 9.32 Å². The lowest BCUT2D eigenvalue weighted by atomic mass is 10.1. The fourth-order valence-corrected chi connectivity index (χ4v) is 4.43. The van der Waals surface area contributed by atoms with Gasteiger partial charge in [0, 0.05) is 0 Å². The van der Waals surface area contributed by atoms with E-state index >= 15 is 0 Å². The monoisotopic (exact) mass is 435 g/mol. The summed E-state index contributed by atoms with van der Waals surface area (Å²) in [6.45, 7) is 1.87. The minimum atomic E-state index is -4.16. The van der Waals surface area contributed by atoms with Gasteiger partial charge in [0.05, 0.1) is 11.7 Å². The standard InChI is InChI=1S/C20H21NO6S2/c1-13-2-6-15(7-3-13)18(27-29(21,24)25)12-26-16-8-4-14(5-9-16)10-19-17(22)11-20(23)28-19/h2-9,18-19H,10-12H2,1H3,(H2,21,24,25). The van der Waals surface area contributed by atoms with Crippen molar-refractivity contribution in [3.63, 3.8) is 0 Å². The van der Waals surface area contributed by atoms with E-state index in [9.17, 15) is 18.0 Å². The van der Waals surface area contributed by atoms with Crippen molar-refractivity contribution < 1.29 is 26.9 Å². The molecule has 0 radical (unpaired) electrons. The number of rotatable bonds is 8. The first-order valence-electron chi connectivity index (χ1n) is 8.91. The second-order valence-corrected chi connectivity index (χ2v) is 9.21. The number of hydrogen-bond acceptors (Lipinski definition) is 7. The van der Waals surface area contributed by atoms with E-state index in [1.54, 1.807) is 24.3 Å². The van der Waals surface area contributed by atoms with Crippen LogP contribution in [0.4, 0.5) is 0 Å². The molecule has 2 atom stereocenters. The van der Waals surface area contributed by atoms with E-state index in [2.05, 4.69) is 0 Å². The molecule has 2 unspecified atom stereocenters. The molecule has 1 aliphatic heterocycles. The SMILES string of the molecule is Cc1ccc(C(COc2ccc(CC3SC(=O)CC3=O)cc2)OS(N)(=O)=O)cc1. The topological polar surface area (TPSA) is 113 Å². The number of hydrogen-bond donors (Lipinski definition) is 1. The summed E-state index contributed by atoms with van der Waals surface area (Å²) in [6, 6.07) is 14.3. The van der Waals surface area contributed by atoms with Crippen LogP contribution < -0.4 is 9.88 Å². The largest absolute Gasteiger partial charge is 0.490 e. The lowest BCUT2D eigenvalue weighted by Gasteiger charge is -2.18. The number of carbonyl (C=O) groups is 2. The van der Waals surface area contributed by atoms with Gasteiger partial charge < -0.3 is 4.74 Å². The zero-order valence-electron chi connectivity index (χ0n) is 15.7. The third kappa shape index (κ3) is 6.40. The highest BCUT2D eigenvalue weighted by Crippen LogP contribution is 2.28. The molecule has 0 aliphatic carbocycles. The Morgan fingerprint density at radius 2 is 1.76 bits per heavy atom. The van der Waals surface area contributed by atoms with Crippen LogP contribution in [-0.4, -0.2) is 31.2 Å². The first-order valence-corrected chi connectivity index (χ1v) is 11.3. The number of Topliss-reactive ketones (excluding diaryl/α,β-unsaturated/α-hetero) is 1. The van der Waals surface area contributed by atoms with Gasteiger partial charge in [-0.1, -0.05) is 53.7 Å². The van der Waals surface area contributed by atoms with Crippen LogP contribution in [0.25, 0.3) is 0 Å². The van der Waals surface area contributed by atoms with Crippen LogP contribution in [0, 0.1) is 6.92 Å². The van der Waals surface area contributed by atoms with Crippen LogP contribution >= 0.6 is 11.8 Å². The van der Waals surface area contributed by atoms with Crippen molar-refractivity contribution in [2.24, 2.45) is 5.14 Å². The number of thioether (sulfide) groups is 1. The van der Waals surface area contributed by atoms with E-state index in [-0.39, 0.29) is 29.2 Å². The van der Waals surface area contributed by atoms with E-state index in [0.717, 1.165) is 22.9 Å². The highest BCUT2D eigenvalue weighted by Gasteiger charge is 2.31. The summed E-state index contributed by atoms with van der Waals surface area (Å²) in [5, 5.41) is 4.62. The molecular weight excluding hydrogens is 414 g/mol. The Labute approximate surface area is 173 Å². The smallest absolute Gasteiger partial charge is 0.333 e. The number of carbonyl (C=O) groups excluding carboxylic acids is 2. The highest BCUT2D eigenvalue weighted by molar-refractivity contribution is 8.15. The van der Waals surface area contributed by atoms with Gasteiger partial charge in [0.1, 0.15) is 18.5 Å². The van der Waals surface area contributed by atoms with Crippen LogP contribution in [0.1, 0.15) is 29.2 Å². The molecule has 1 saturated heterocycles. The van der Waals surface area contributed by atoms with Gasteiger partial charge in [0.15, 0.2) is 10.9 Å². The summed E-state index contributed by atoms with van der Waals surface area (Å²) in [7, 11) is -4.16. The zero-order valence-corrected chi connectivity index (χ0v) is 17.4. The van der Waals surface area contributed by atoms with Gasteiger partial charge in [-0.3, -0.25) is 9.59 Å². The van der Waals surface area contributed by atoms with E-state index < -0.39 is 16.4 Å². The number of nitrogens with two attached hydrogens (primary N) is 1. The van der Waals surface area contributed by atoms with Gasteiger partial charge in [0.25, 0.3) is 0 Å². The molecule has 0 spiro atoms. The van der Waals surface area contributed by atoms with E-state index in [1.807, 2.05) is 31.2 Å². The Morgan fingerprint density at radius 1 is 1.10 bits per heavy atom. The molecule has 2 N–H and O–H groups in total. The maximum Gasteiger partial charge on any atom is 0.333 e. The van der Waals surface area contributed by atoms with Crippen molar-refractivity contribution in [3.8, 4) is 5.75 Å². The molecule has 1 aliphatic rings. The Bertz CT molecular complexity index is 987. The molecule has 3 rings (SSSR count). The molecule has 1 heterocycles. The predicted molar refractivity (Wildman–Crippen MR) is 110 cm³/mol. The van der Waals surface area contributed by atoms with Crippen molar-refractivity contribution in [1.29, 1.82) is 0 Å². The lowest BCUT2D eigenvalue weighted by molar-refractivity contribution is -0.121. The second kappa shape index (κ2) is 9.08. The fourth-order valence-electron chi connectivity index (χ4n) is 2.91. The van der Waals surface area contributed by atoms with E-state index in [4.69, 9.17) is 14.1 Å². The van der Waals surface area contributed by atoms with Gasteiger partial charge in [-0.2, -0.15) is 8.42 Å². The lowest BCUT2D eigenvalue weighted by Crippen LogP contribution is -2.23. The molecule has 2 aromatic carbocycles. The Balaban J connectivity index is 1.63. The number of benzene rings is 2. The molecule has 9 heteroatoms. The highest BCUT2D eigenvalue weighted by atomic mass is 32.2. The number of ketones is 1. The minimum Gasteiger partial charge on any atom is -0.490 e. The van der Waals surface area contributed by atoms with Crippen LogP contribution in [0.2, 0.25) is 0 Å². The number of aryl methyl sites for hydroxylation is 1. The predicted octanol–water partition coefficient (Wildman–Crippen LogP) is 2.48. The quantitative estimate of drug-likeness (QED) is 0.634. The third-order valence-corrected chi connectivity index (χ3v) is 6.02. The van der Waals surface area contributed by atoms with Gasteiger partial charge in [-0.05, 0) is 36.6 Å². The average Bonchev–Trinajstić information content (AvgIpc) is 2.96. The van der Waals surface area contributed by atoms with E-state index in [0.29, 0.717) is 17.7 Å². The van der Waals surface area contributed by atoms with Crippen molar-refractivity contribution in [2.75, 3.05) is 6.61 Å². The summed E-state index contributed by atoms with van der Waals surface area (Å²) in [6.07, 6.45) is -0.402. The van der Waals surface area contributed by atoms with Crippen molar-refractivity contribution in [1.82, 2.24) is 0 Å². The summed E-state index contributed by atoms with van der Waals surface area (Å²) in [4.78, 5) is 23.1. The Kier molecular flexibility index (Phi) is 6.74. The summed E-state index contributed by atoms with van der Waals surface area (Å²) < 4.78 is 33.5. The third-order valence-electron chi connectivity index (χ3n) is 4.40. The first-order chi connectivity index (χ1) is 13.7. The fraction of sp³-hybridized carbons (Fsp3) is 0.300. The van der Waals surface area contributed by atoms with Crippen LogP contribution in [0.5, 0.6) is 5.75 Å². The van der Waals surface area contributed by atoms with E-state index in [1.165, 1.54) is 0 Å². The number of ether oxygens (including phenoxy) is 1.